The number of carbonyl (C=O) groups is 2. The van der Waals surface area contributed by atoms with Crippen molar-refractivity contribution in [1.29, 1.82) is 0 Å². The van der Waals surface area contributed by atoms with Crippen LogP contribution >= 0.6 is 27.7 Å². The van der Waals surface area contributed by atoms with Gasteiger partial charge in [0.2, 0.25) is 0 Å². The van der Waals surface area contributed by atoms with E-state index in [1.807, 2.05) is 43.3 Å². The van der Waals surface area contributed by atoms with E-state index in [9.17, 15) is 18.0 Å². The van der Waals surface area contributed by atoms with Gasteiger partial charge in [-0.3, -0.25) is 14.9 Å². The lowest BCUT2D eigenvalue weighted by Crippen LogP contribution is -2.22. The Morgan fingerprint density at radius 3 is 2.36 bits per heavy atom. The number of nitrogens with zero attached hydrogens (tertiary/aromatic N) is 1. The Labute approximate surface area is 176 Å². The van der Waals surface area contributed by atoms with Crippen LogP contribution in [0.5, 0.6) is 0 Å². The lowest BCUT2D eigenvalue weighted by molar-refractivity contribution is -0.123. The summed E-state index contributed by atoms with van der Waals surface area (Å²) in [6, 6.07) is 10.9. The predicted molar refractivity (Wildman–Crippen MR) is 117 cm³/mol. The first-order valence-corrected chi connectivity index (χ1v) is 12.0. The highest BCUT2D eigenvalue weighted by Gasteiger charge is 2.28. The first-order chi connectivity index (χ1) is 13.2. The maximum Gasteiger partial charge on any atom is 0.266 e. The average Bonchev–Trinajstić information content (AvgIpc) is 2.89. The minimum atomic E-state index is -3.49. The molecule has 0 aromatic heterocycles. The minimum Gasteiger partial charge on any atom is -0.377 e. The number of halogens is 1. The van der Waals surface area contributed by atoms with Gasteiger partial charge in [-0.15, -0.1) is 11.8 Å². The highest BCUT2D eigenvalue weighted by Crippen LogP contribution is 2.32. The van der Waals surface area contributed by atoms with Gasteiger partial charge in [0.05, 0.1) is 15.6 Å². The third-order valence-electron chi connectivity index (χ3n) is 4.31. The number of anilines is 1. The SMILES string of the molecule is CN(C)c1cccc2c(S(=O)(=O)CCCSC3=C(Br)C(=O)NC3=O)cccc12. The summed E-state index contributed by atoms with van der Waals surface area (Å²) < 4.78 is 26.1. The van der Waals surface area contributed by atoms with Gasteiger partial charge in [0, 0.05) is 30.6 Å². The summed E-state index contributed by atoms with van der Waals surface area (Å²) in [6.45, 7) is 0. The molecule has 2 aromatic rings. The highest BCUT2D eigenvalue weighted by atomic mass is 79.9. The average molecular weight is 483 g/mol. The van der Waals surface area contributed by atoms with Crippen molar-refractivity contribution in [3.8, 4) is 0 Å². The van der Waals surface area contributed by atoms with Crippen molar-refractivity contribution in [1.82, 2.24) is 5.32 Å². The first-order valence-electron chi connectivity index (χ1n) is 8.52. The van der Waals surface area contributed by atoms with Crippen LogP contribution in [0.15, 0.2) is 50.7 Å². The van der Waals surface area contributed by atoms with Gasteiger partial charge < -0.3 is 4.90 Å². The van der Waals surface area contributed by atoms with Gasteiger partial charge in [0.1, 0.15) is 4.48 Å². The molecule has 0 saturated carbocycles. The number of thioether (sulfide) groups is 1. The van der Waals surface area contributed by atoms with Crippen molar-refractivity contribution < 1.29 is 18.0 Å². The fourth-order valence-corrected chi connectivity index (χ4v) is 6.25. The number of benzene rings is 2. The van der Waals surface area contributed by atoms with E-state index >= 15 is 0 Å². The molecule has 0 radical (unpaired) electrons. The fourth-order valence-electron chi connectivity index (χ4n) is 3.01. The van der Waals surface area contributed by atoms with Gasteiger partial charge in [-0.05, 0) is 40.2 Å². The van der Waals surface area contributed by atoms with Crippen LogP contribution in [0.2, 0.25) is 0 Å². The van der Waals surface area contributed by atoms with Crippen molar-refractivity contribution in [3.05, 3.63) is 45.8 Å². The number of hydrogen-bond acceptors (Lipinski definition) is 6. The molecular weight excluding hydrogens is 464 g/mol. The van der Waals surface area contributed by atoms with Crippen LogP contribution in [0.4, 0.5) is 5.69 Å². The Balaban J connectivity index is 1.76. The van der Waals surface area contributed by atoms with Gasteiger partial charge in [-0.2, -0.15) is 0 Å². The second-order valence-electron chi connectivity index (χ2n) is 6.47. The van der Waals surface area contributed by atoms with E-state index in [-0.39, 0.29) is 10.2 Å². The van der Waals surface area contributed by atoms with E-state index in [4.69, 9.17) is 0 Å². The quantitative estimate of drug-likeness (QED) is 0.482. The van der Waals surface area contributed by atoms with Gasteiger partial charge in [-0.1, -0.05) is 24.3 Å². The molecular formula is C19H19BrN2O4S2. The summed E-state index contributed by atoms with van der Waals surface area (Å²) in [6.07, 6.45) is 0.363. The molecule has 1 aliphatic rings. The number of hydrogen-bond donors (Lipinski definition) is 1. The zero-order chi connectivity index (χ0) is 20.5. The molecule has 0 aliphatic carbocycles. The number of fused-ring (bicyclic) bond motifs is 1. The molecule has 1 heterocycles. The molecule has 28 heavy (non-hydrogen) atoms. The number of imide groups is 1. The summed E-state index contributed by atoms with van der Waals surface area (Å²) in [5.41, 5.74) is 0.957. The molecule has 2 amide bonds. The molecule has 6 nitrogen and oxygen atoms in total. The van der Waals surface area contributed by atoms with Crippen molar-refractivity contribution in [3.63, 3.8) is 0 Å². The molecule has 0 fully saturated rings. The van der Waals surface area contributed by atoms with E-state index in [0.717, 1.165) is 11.1 Å². The van der Waals surface area contributed by atoms with E-state index in [1.54, 1.807) is 12.1 Å². The molecule has 0 atom stereocenters. The third kappa shape index (κ3) is 4.11. The van der Waals surface area contributed by atoms with Gasteiger partial charge >= 0.3 is 0 Å². The van der Waals surface area contributed by atoms with Crippen LogP contribution in [0.1, 0.15) is 6.42 Å². The van der Waals surface area contributed by atoms with Crippen LogP contribution in [0.25, 0.3) is 10.8 Å². The lowest BCUT2D eigenvalue weighted by Gasteiger charge is -2.17. The largest absolute Gasteiger partial charge is 0.377 e. The van der Waals surface area contributed by atoms with Gasteiger partial charge in [-0.25, -0.2) is 8.42 Å². The van der Waals surface area contributed by atoms with Crippen LogP contribution in [-0.4, -0.2) is 45.8 Å². The first kappa shape index (κ1) is 20.9. The zero-order valence-corrected chi connectivity index (χ0v) is 18.6. The van der Waals surface area contributed by atoms with Crippen molar-refractivity contribution in [2.75, 3.05) is 30.5 Å². The number of amides is 2. The molecule has 1 N–H and O–H groups in total. The lowest BCUT2D eigenvalue weighted by atomic mass is 10.1. The van der Waals surface area contributed by atoms with Crippen LogP contribution in [-0.2, 0) is 19.4 Å². The molecule has 2 aromatic carbocycles. The fraction of sp³-hybridized carbons (Fsp3) is 0.263. The Hall–Kier alpha value is -1.84. The maximum absolute atomic E-state index is 12.9. The molecule has 0 saturated heterocycles. The van der Waals surface area contributed by atoms with Gasteiger partial charge in [0.25, 0.3) is 11.8 Å². The topological polar surface area (TPSA) is 83.6 Å². The standard InChI is InChI=1S/C19H19BrN2O4S2/c1-22(2)14-8-3-7-13-12(14)6-4-9-15(13)28(25,26)11-5-10-27-17-16(20)18(23)21-19(17)24/h3-4,6-9H,5,10-11H2,1-2H3,(H,21,23,24). The molecule has 9 heteroatoms. The van der Waals surface area contributed by atoms with Crippen molar-refractivity contribution in [2.24, 2.45) is 0 Å². The smallest absolute Gasteiger partial charge is 0.266 e. The van der Waals surface area contributed by atoms with E-state index < -0.39 is 21.7 Å². The Morgan fingerprint density at radius 1 is 1.04 bits per heavy atom. The van der Waals surface area contributed by atoms with Crippen LogP contribution < -0.4 is 10.2 Å². The van der Waals surface area contributed by atoms with Crippen molar-refractivity contribution in [2.45, 2.75) is 11.3 Å². The Bertz CT molecular complexity index is 1090. The van der Waals surface area contributed by atoms with Crippen molar-refractivity contribution >= 4 is 65.8 Å². The summed E-state index contributed by atoms with van der Waals surface area (Å²) in [7, 11) is 0.351. The molecule has 1 aliphatic heterocycles. The normalized spacial score (nSPS) is 14.7. The van der Waals surface area contributed by atoms with Gasteiger partial charge in [0.15, 0.2) is 9.84 Å². The number of carbonyl (C=O) groups excluding carboxylic acids is 2. The molecule has 0 bridgehead atoms. The predicted octanol–water partition coefficient (Wildman–Crippen LogP) is 3.07. The molecule has 0 unspecified atom stereocenters. The Morgan fingerprint density at radius 2 is 1.71 bits per heavy atom. The molecule has 148 valence electrons. The third-order valence-corrected chi connectivity index (χ3v) is 8.35. The zero-order valence-electron chi connectivity index (χ0n) is 15.4. The second kappa shape index (κ2) is 8.26. The molecule has 0 spiro atoms. The summed E-state index contributed by atoms with van der Waals surface area (Å²) >= 11 is 4.27. The van der Waals surface area contributed by atoms with Crippen LogP contribution in [0.3, 0.4) is 0 Å². The molecule has 3 rings (SSSR count). The van der Waals surface area contributed by atoms with Crippen LogP contribution in [0, 0.1) is 0 Å². The van der Waals surface area contributed by atoms with E-state index in [1.165, 1.54) is 11.8 Å². The number of rotatable bonds is 7. The maximum atomic E-state index is 12.9. The summed E-state index contributed by atoms with van der Waals surface area (Å²) in [5.74, 6) is -0.535. The monoisotopic (exact) mass is 482 g/mol. The van der Waals surface area contributed by atoms with E-state index in [0.29, 0.717) is 27.4 Å². The number of nitrogens with one attached hydrogen (secondary N) is 1. The minimum absolute atomic E-state index is 0.0359. The summed E-state index contributed by atoms with van der Waals surface area (Å²) in [4.78, 5) is 25.7. The highest BCUT2D eigenvalue weighted by molar-refractivity contribution is 9.12. The van der Waals surface area contributed by atoms with E-state index in [2.05, 4.69) is 21.2 Å². The number of sulfone groups is 1. The second-order valence-corrected chi connectivity index (χ2v) is 10.4. The summed E-state index contributed by atoms with van der Waals surface area (Å²) in [5, 5.41) is 3.78. The Kier molecular flexibility index (Phi) is 6.16.